The lowest BCUT2D eigenvalue weighted by molar-refractivity contribution is 0.212. The Morgan fingerprint density at radius 2 is 2.50 bits per heavy atom. The summed E-state index contributed by atoms with van der Waals surface area (Å²) in [6.07, 6.45) is 7.83. The summed E-state index contributed by atoms with van der Waals surface area (Å²) in [5.74, 6) is 2.60. The number of nitrogens with zero attached hydrogens (tertiary/aromatic N) is 1. The smallest absolute Gasteiger partial charge is 0.310 e. The molecule has 1 aliphatic heterocycles. The topological polar surface area (TPSA) is 29.5 Å². The van der Waals surface area contributed by atoms with Crippen LogP contribution in [0.1, 0.15) is 6.42 Å². The minimum absolute atomic E-state index is 0.0444. The first kappa shape index (κ1) is 10.1. The van der Waals surface area contributed by atoms with Crippen molar-refractivity contribution in [3.63, 3.8) is 0 Å². The van der Waals surface area contributed by atoms with Gasteiger partial charge in [-0.15, -0.1) is 6.42 Å². The van der Waals surface area contributed by atoms with Crippen LogP contribution in [0.15, 0.2) is 0 Å². The highest BCUT2D eigenvalue weighted by molar-refractivity contribution is 8.55. The molecule has 1 aliphatic rings. The molecule has 0 spiro atoms. The van der Waals surface area contributed by atoms with Gasteiger partial charge in [0.1, 0.15) is 0 Å². The van der Waals surface area contributed by atoms with E-state index in [1.165, 1.54) is 11.4 Å². The quantitative estimate of drug-likeness (QED) is 0.482. The van der Waals surface area contributed by atoms with Crippen LogP contribution >= 0.6 is 18.1 Å². The van der Waals surface area contributed by atoms with Crippen molar-refractivity contribution in [3.05, 3.63) is 0 Å². The molecule has 2 atom stereocenters. The largest absolute Gasteiger partial charge is 0.329 e. The Hall–Kier alpha value is 0.0600. The molecule has 1 saturated heterocycles. The van der Waals surface area contributed by atoms with Crippen LogP contribution in [0.2, 0.25) is 0 Å². The summed E-state index contributed by atoms with van der Waals surface area (Å²) >= 11 is 1.24. The molecule has 0 aromatic rings. The van der Waals surface area contributed by atoms with Gasteiger partial charge in [-0.2, -0.15) is 0 Å². The van der Waals surface area contributed by atoms with Gasteiger partial charge in [0.25, 0.3) is 0 Å². The van der Waals surface area contributed by atoms with Gasteiger partial charge in [0.15, 0.2) is 0 Å². The van der Waals surface area contributed by atoms with Crippen molar-refractivity contribution in [2.45, 2.75) is 12.5 Å². The third kappa shape index (κ3) is 1.70. The van der Waals surface area contributed by atoms with E-state index in [1.807, 2.05) is 0 Å². The maximum atomic E-state index is 11.9. The molecule has 0 aromatic heterocycles. The molecule has 0 N–H and O–H groups in total. The maximum Gasteiger partial charge on any atom is 0.329 e. The van der Waals surface area contributed by atoms with E-state index < -0.39 is 6.72 Å². The Labute approximate surface area is 77.1 Å². The fourth-order valence-electron chi connectivity index (χ4n) is 1.10. The molecule has 0 saturated carbocycles. The fraction of sp³-hybridized carbons (Fsp3) is 0.714. The second-order valence-corrected chi connectivity index (χ2v) is 7.20. The van der Waals surface area contributed by atoms with E-state index in [2.05, 4.69) is 5.92 Å². The number of hydrogen-bond donors (Lipinski definition) is 0. The summed E-state index contributed by atoms with van der Waals surface area (Å²) < 4.78 is 18.7. The number of rotatable bonds is 1. The fourth-order valence-corrected chi connectivity index (χ4v) is 4.16. The molecule has 0 bridgehead atoms. The van der Waals surface area contributed by atoms with Crippen molar-refractivity contribution >= 4 is 18.1 Å². The monoisotopic (exact) mass is 205 g/mol. The second kappa shape index (κ2) is 3.85. The Morgan fingerprint density at radius 1 is 1.83 bits per heavy atom. The predicted octanol–water partition coefficient (Wildman–Crippen LogP) is 1.81. The Morgan fingerprint density at radius 3 is 3.00 bits per heavy atom. The highest BCUT2D eigenvalue weighted by Crippen LogP contribution is 2.63. The van der Waals surface area contributed by atoms with Gasteiger partial charge in [-0.1, -0.05) is 17.3 Å². The highest BCUT2D eigenvalue weighted by atomic mass is 32.7. The van der Waals surface area contributed by atoms with Crippen molar-refractivity contribution in [1.29, 1.82) is 0 Å². The average Bonchev–Trinajstić information content (AvgIpc) is 2.10. The number of terminal acetylenes is 1. The van der Waals surface area contributed by atoms with Gasteiger partial charge in [-0.25, -0.2) is 4.67 Å². The van der Waals surface area contributed by atoms with Gasteiger partial charge < -0.3 is 4.52 Å². The summed E-state index contributed by atoms with van der Waals surface area (Å²) in [7, 11) is 1.75. The first-order valence-electron chi connectivity index (χ1n) is 3.64. The molecule has 0 aliphatic carbocycles. The average molecular weight is 205 g/mol. The van der Waals surface area contributed by atoms with Gasteiger partial charge in [0.05, 0.1) is 12.6 Å². The van der Waals surface area contributed by atoms with E-state index in [-0.39, 0.29) is 6.04 Å². The lowest BCUT2D eigenvalue weighted by Gasteiger charge is -2.34. The predicted molar refractivity (Wildman–Crippen MR) is 52.1 cm³/mol. The van der Waals surface area contributed by atoms with E-state index in [9.17, 15) is 4.57 Å². The van der Waals surface area contributed by atoms with Crippen LogP contribution in [0, 0.1) is 12.3 Å². The van der Waals surface area contributed by atoms with Crippen molar-refractivity contribution in [1.82, 2.24) is 4.67 Å². The zero-order valence-electron chi connectivity index (χ0n) is 7.19. The van der Waals surface area contributed by atoms with Crippen LogP contribution in [0.25, 0.3) is 0 Å². The maximum absolute atomic E-state index is 11.9. The zero-order chi connectivity index (χ0) is 9.19. The molecule has 2 unspecified atom stereocenters. The molecule has 3 nitrogen and oxygen atoms in total. The van der Waals surface area contributed by atoms with E-state index >= 15 is 0 Å². The molecule has 0 radical (unpaired) electrons. The molecule has 12 heavy (non-hydrogen) atoms. The van der Waals surface area contributed by atoms with Crippen LogP contribution in [-0.2, 0) is 9.09 Å². The Balaban J connectivity index is 2.80. The molecule has 0 aromatic carbocycles. The minimum Gasteiger partial charge on any atom is -0.310 e. The summed E-state index contributed by atoms with van der Waals surface area (Å²) in [5.41, 5.74) is 0. The molecule has 5 heteroatoms. The number of hydrogen-bond acceptors (Lipinski definition) is 3. The van der Waals surface area contributed by atoms with Crippen molar-refractivity contribution in [3.8, 4) is 12.3 Å². The molecular formula is C7H12NO2PS. The van der Waals surface area contributed by atoms with Gasteiger partial charge in [-0.05, 0) is 19.7 Å². The Kier molecular flexibility index (Phi) is 3.25. The molecule has 1 fully saturated rings. The van der Waals surface area contributed by atoms with Gasteiger partial charge in [0.2, 0.25) is 0 Å². The van der Waals surface area contributed by atoms with Crippen LogP contribution in [0.5, 0.6) is 0 Å². The van der Waals surface area contributed by atoms with E-state index in [0.29, 0.717) is 6.61 Å². The third-order valence-corrected chi connectivity index (χ3v) is 6.40. The summed E-state index contributed by atoms with van der Waals surface area (Å²) in [4.78, 5) is 0. The minimum atomic E-state index is -2.65. The summed E-state index contributed by atoms with van der Waals surface area (Å²) in [6, 6.07) is -0.0444. The highest BCUT2D eigenvalue weighted by Gasteiger charge is 2.36. The first-order valence-corrected chi connectivity index (χ1v) is 7.04. The van der Waals surface area contributed by atoms with Crippen LogP contribution in [0.3, 0.4) is 0 Å². The molecule has 1 heterocycles. The normalized spacial score (nSPS) is 37.6. The first-order chi connectivity index (χ1) is 5.64. The van der Waals surface area contributed by atoms with Crippen LogP contribution in [-0.4, -0.2) is 30.6 Å². The van der Waals surface area contributed by atoms with Crippen LogP contribution < -0.4 is 0 Å². The SMILES string of the molecule is C#CC1CCOP(=O)(SC)N1C. The van der Waals surface area contributed by atoms with E-state index in [4.69, 9.17) is 10.9 Å². The van der Waals surface area contributed by atoms with E-state index in [1.54, 1.807) is 18.0 Å². The lowest BCUT2D eigenvalue weighted by atomic mass is 10.2. The standard InChI is InChI=1S/C7H12NO2PS/c1-4-7-5-6-10-11(9,12-3)8(7)2/h1,7H,5-6H2,2-3H3. The van der Waals surface area contributed by atoms with Crippen molar-refractivity contribution in [2.75, 3.05) is 19.9 Å². The molecular weight excluding hydrogens is 193 g/mol. The molecule has 1 rings (SSSR count). The van der Waals surface area contributed by atoms with Crippen molar-refractivity contribution < 1.29 is 9.09 Å². The van der Waals surface area contributed by atoms with Crippen molar-refractivity contribution in [2.24, 2.45) is 0 Å². The van der Waals surface area contributed by atoms with E-state index in [0.717, 1.165) is 6.42 Å². The van der Waals surface area contributed by atoms with Crippen LogP contribution in [0.4, 0.5) is 0 Å². The Bertz CT molecular complexity index is 250. The molecule has 0 amide bonds. The van der Waals surface area contributed by atoms with Gasteiger partial charge in [-0.3, -0.25) is 4.57 Å². The van der Waals surface area contributed by atoms with Gasteiger partial charge in [0, 0.05) is 0 Å². The second-order valence-electron chi connectivity index (χ2n) is 2.53. The molecule has 68 valence electrons. The lowest BCUT2D eigenvalue weighted by Crippen LogP contribution is -2.32. The van der Waals surface area contributed by atoms with Gasteiger partial charge >= 0.3 is 6.72 Å². The zero-order valence-corrected chi connectivity index (χ0v) is 8.90. The summed E-state index contributed by atoms with van der Waals surface area (Å²) in [6.45, 7) is -2.15. The summed E-state index contributed by atoms with van der Waals surface area (Å²) in [5, 5.41) is 0. The third-order valence-electron chi connectivity index (χ3n) is 1.91.